The predicted octanol–water partition coefficient (Wildman–Crippen LogP) is 4.98. The fraction of sp³-hybridized carbons (Fsp3) is 0.520. The molecule has 2 rings (SSSR count). The molecular formula is C25H34ClN3O6. The van der Waals surface area contributed by atoms with Gasteiger partial charge in [-0.25, -0.2) is 14.5 Å². The van der Waals surface area contributed by atoms with Crippen molar-refractivity contribution in [2.24, 2.45) is 0 Å². The van der Waals surface area contributed by atoms with E-state index in [-0.39, 0.29) is 28.6 Å². The number of amides is 3. The van der Waals surface area contributed by atoms with E-state index in [4.69, 9.17) is 21.1 Å². The number of aromatic nitrogens is 1. The Morgan fingerprint density at radius 1 is 1.00 bits per heavy atom. The second-order valence-electron chi connectivity index (χ2n) is 10.5. The van der Waals surface area contributed by atoms with Crippen molar-refractivity contribution in [3.63, 3.8) is 0 Å². The minimum atomic E-state index is -1.02. The van der Waals surface area contributed by atoms with Gasteiger partial charge in [0.1, 0.15) is 17.7 Å². The number of hydrogen-bond acceptors (Lipinski definition) is 6. The quantitative estimate of drug-likeness (QED) is 0.579. The molecule has 35 heavy (non-hydrogen) atoms. The van der Waals surface area contributed by atoms with Gasteiger partial charge in [0.15, 0.2) is 0 Å². The summed E-state index contributed by atoms with van der Waals surface area (Å²) in [5, 5.41) is 0.970. The summed E-state index contributed by atoms with van der Waals surface area (Å²) in [6, 6.07) is 5.58. The van der Waals surface area contributed by atoms with Crippen LogP contribution < -0.4 is 5.56 Å². The zero-order chi connectivity index (χ0) is 26.9. The maximum atomic E-state index is 13.5. The summed E-state index contributed by atoms with van der Waals surface area (Å²) in [6.07, 6.45) is -1.88. The third-order valence-corrected chi connectivity index (χ3v) is 5.22. The lowest BCUT2D eigenvalue weighted by Gasteiger charge is -2.33. The van der Waals surface area contributed by atoms with Crippen molar-refractivity contribution in [3.05, 3.63) is 45.3 Å². The number of hydrogen-bond donors (Lipinski definition) is 0. The van der Waals surface area contributed by atoms with E-state index in [9.17, 15) is 19.2 Å². The molecule has 2 aromatic rings. The zero-order valence-electron chi connectivity index (χ0n) is 21.8. The second kappa shape index (κ2) is 10.3. The number of rotatable bonds is 4. The van der Waals surface area contributed by atoms with Gasteiger partial charge < -0.3 is 18.9 Å². The van der Waals surface area contributed by atoms with Crippen LogP contribution in [0.3, 0.4) is 0 Å². The first-order chi connectivity index (χ1) is 15.9. The molecule has 0 saturated carbocycles. The van der Waals surface area contributed by atoms with Crippen molar-refractivity contribution in [1.29, 1.82) is 0 Å². The molecule has 10 heteroatoms. The van der Waals surface area contributed by atoms with Crippen LogP contribution in [0.5, 0.6) is 0 Å². The van der Waals surface area contributed by atoms with E-state index in [1.165, 1.54) is 9.47 Å². The van der Waals surface area contributed by atoms with E-state index in [1.807, 2.05) is 0 Å². The zero-order valence-corrected chi connectivity index (χ0v) is 22.5. The first-order valence-electron chi connectivity index (χ1n) is 11.2. The van der Waals surface area contributed by atoms with Gasteiger partial charge in [-0.15, -0.1) is 0 Å². The molecule has 1 aromatic heterocycles. The van der Waals surface area contributed by atoms with E-state index >= 15 is 0 Å². The molecule has 0 aliphatic heterocycles. The average molecular weight is 508 g/mol. The molecule has 1 atom stereocenters. The van der Waals surface area contributed by atoms with Gasteiger partial charge in [-0.2, -0.15) is 0 Å². The van der Waals surface area contributed by atoms with Crippen molar-refractivity contribution in [1.82, 2.24) is 14.4 Å². The van der Waals surface area contributed by atoms with Crippen LogP contribution in [0.4, 0.5) is 9.59 Å². The molecule has 1 heterocycles. The summed E-state index contributed by atoms with van der Waals surface area (Å²) in [6.45, 7) is 11.3. The summed E-state index contributed by atoms with van der Waals surface area (Å²) in [7, 11) is 3.14. The number of ether oxygens (including phenoxy) is 2. The van der Waals surface area contributed by atoms with Gasteiger partial charge in [-0.3, -0.25) is 9.59 Å². The minimum Gasteiger partial charge on any atom is -0.443 e. The van der Waals surface area contributed by atoms with Gasteiger partial charge in [0.2, 0.25) is 5.91 Å². The topological polar surface area (TPSA) is 98.2 Å². The summed E-state index contributed by atoms with van der Waals surface area (Å²) in [4.78, 5) is 54.6. The van der Waals surface area contributed by atoms with Crippen molar-refractivity contribution in [3.8, 4) is 0 Å². The van der Waals surface area contributed by atoms with Crippen molar-refractivity contribution in [2.45, 2.75) is 72.3 Å². The van der Waals surface area contributed by atoms with Gasteiger partial charge in [-0.05, 0) is 66.0 Å². The molecule has 0 bridgehead atoms. The van der Waals surface area contributed by atoms with Gasteiger partial charge in [0.25, 0.3) is 5.56 Å². The Balaban J connectivity index is 2.77. The van der Waals surface area contributed by atoms with E-state index in [1.54, 1.807) is 86.8 Å². The molecule has 0 unspecified atom stereocenters. The minimum absolute atomic E-state index is 0.230. The number of carbonyl (C=O) groups excluding carboxylic acids is 3. The lowest BCUT2D eigenvalue weighted by molar-refractivity contribution is -0.129. The third-order valence-electron chi connectivity index (χ3n) is 4.91. The first kappa shape index (κ1) is 28.2. The average Bonchev–Trinajstić information content (AvgIpc) is 2.66. The van der Waals surface area contributed by atoms with E-state index < -0.39 is 35.0 Å². The maximum Gasteiger partial charge on any atom is 0.420 e. The van der Waals surface area contributed by atoms with Crippen molar-refractivity contribution >= 4 is 40.5 Å². The molecule has 192 valence electrons. The number of imide groups is 1. The molecule has 0 fully saturated rings. The van der Waals surface area contributed by atoms with Crippen LogP contribution in [0.25, 0.3) is 10.8 Å². The van der Waals surface area contributed by atoms with Crippen LogP contribution in [0.2, 0.25) is 5.02 Å². The fourth-order valence-corrected chi connectivity index (χ4v) is 3.57. The summed E-state index contributed by atoms with van der Waals surface area (Å²) < 4.78 is 12.2. The molecule has 1 aromatic carbocycles. The van der Waals surface area contributed by atoms with Crippen molar-refractivity contribution in [2.75, 3.05) is 14.1 Å². The Labute approximate surface area is 210 Å². The van der Waals surface area contributed by atoms with E-state index in [0.29, 0.717) is 5.39 Å². The fourth-order valence-electron chi connectivity index (χ4n) is 3.31. The number of likely N-dealkylation sites (N-methyl/N-ethyl adjacent to an activating group) is 1. The molecule has 0 spiro atoms. The monoisotopic (exact) mass is 507 g/mol. The molecule has 0 radical (unpaired) electrons. The Morgan fingerprint density at radius 2 is 1.51 bits per heavy atom. The lowest BCUT2D eigenvalue weighted by Crippen LogP contribution is -2.46. The molecule has 0 N–H and O–H groups in total. The van der Waals surface area contributed by atoms with Gasteiger partial charge in [0, 0.05) is 19.8 Å². The number of pyridine rings is 1. The van der Waals surface area contributed by atoms with Gasteiger partial charge >= 0.3 is 12.2 Å². The Bertz CT molecular complexity index is 1160. The largest absolute Gasteiger partial charge is 0.443 e. The van der Waals surface area contributed by atoms with Crippen LogP contribution in [0, 0.1) is 0 Å². The molecule has 3 amide bonds. The highest BCUT2D eigenvalue weighted by atomic mass is 35.5. The van der Waals surface area contributed by atoms with Crippen LogP contribution in [0.1, 0.15) is 60.2 Å². The molecule has 0 aliphatic rings. The number of halogens is 1. The number of benzene rings is 1. The summed E-state index contributed by atoms with van der Waals surface area (Å²) in [5.74, 6) is -0.354. The van der Waals surface area contributed by atoms with Gasteiger partial charge in [-0.1, -0.05) is 23.7 Å². The van der Waals surface area contributed by atoms with Gasteiger partial charge in [0.05, 0.1) is 16.5 Å². The maximum absolute atomic E-state index is 13.5. The standard InChI is InChI=1S/C25H34ClN3O6/c1-15(29(22(32)34-24(2,3)4)23(33)35-25(5,6)7)18-13-16-11-10-12-17(26)20(16)21(31)28(18)14-19(30)27(8)9/h10-13,15H,14H2,1-9H3/t15-/m0/s1. The Hall–Kier alpha value is -3.07. The van der Waals surface area contributed by atoms with E-state index in [2.05, 4.69) is 0 Å². The molecular weight excluding hydrogens is 474 g/mol. The SMILES string of the molecule is C[C@@H](c1cc2cccc(Cl)c2c(=O)n1CC(=O)N(C)C)N(C(=O)OC(C)(C)C)C(=O)OC(C)(C)C. The summed E-state index contributed by atoms with van der Waals surface area (Å²) >= 11 is 6.31. The molecule has 0 saturated heterocycles. The normalized spacial score (nSPS) is 12.7. The number of carbonyl (C=O) groups is 3. The van der Waals surface area contributed by atoms with Crippen LogP contribution in [-0.2, 0) is 20.8 Å². The van der Waals surface area contributed by atoms with Crippen LogP contribution >= 0.6 is 11.6 Å². The molecule has 9 nitrogen and oxygen atoms in total. The first-order valence-corrected chi connectivity index (χ1v) is 11.6. The number of fused-ring (bicyclic) bond motifs is 1. The van der Waals surface area contributed by atoms with Crippen molar-refractivity contribution < 1.29 is 23.9 Å². The second-order valence-corrected chi connectivity index (χ2v) is 10.9. The Kier molecular flexibility index (Phi) is 8.27. The highest BCUT2D eigenvalue weighted by Gasteiger charge is 2.37. The lowest BCUT2D eigenvalue weighted by atomic mass is 10.1. The third kappa shape index (κ3) is 6.97. The van der Waals surface area contributed by atoms with E-state index in [0.717, 1.165) is 4.90 Å². The van der Waals surface area contributed by atoms with Crippen LogP contribution in [-0.4, -0.2) is 57.8 Å². The molecule has 0 aliphatic carbocycles. The smallest absolute Gasteiger partial charge is 0.420 e. The highest BCUT2D eigenvalue weighted by Crippen LogP contribution is 2.29. The Morgan fingerprint density at radius 3 is 1.97 bits per heavy atom. The van der Waals surface area contributed by atoms with Crippen LogP contribution in [0.15, 0.2) is 29.1 Å². The predicted molar refractivity (Wildman–Crippen MR) is 135 cm³/mol. The summed E-state index contributed by atoms with van der Waals surface area (Å²) in [5.41, 5.74) is -2.06. The highest BCUT2D eigenvalue weighted by molar-refractivity contribution is 6.35. The number of nitrogens with zero attached hydrogens (tertiary/aromatic N) is 3.